The second-order valence-corrected chi connectivity index (χ2v) is 7.45. The van der Waals surface area contributed by atoms with Gasteiger partial charge >= 0.3 is 0 Å². The molecule has 0 radical (unpaired) electrons. The number of aromatic nitrogens is 1. The van der Waals surface area contributed by atoms with E-state index >= 15 is 0 Å². The third-order valence-corrected chi connectivity index (χ3v) is 5.02. The number of fused-ring (bicyclic) bond motifs is 1. The minimum absolute atomic E-state index is 0.0659. The topological polar surface area (TPSA) is 38.9 Å². The smallest absolute Gasteiger partial charge is 0.0708 e. The fraction of sp³-hybridized carbons (Fsp3) is 0.188. The van der Waals surface area contributed by atoms with Crippen LogP contribution in [0, 0.1) is 6.92 Å². The second-order valence-electron chi connectivity index (χ2n) is 4.90. The van der Waals surface area contributed by atoms with E-state index in [1.54, 1.807) is 11.3 Å². The van der Waals surface area contributed by atoms with Gasteiger partial charge in [-0.1, -0.05) is 18.2 Å². The first-order valence-corrected chi connectivity index (χ1v) is 8.10. The Morgan fingerprint density at radius 3 is 2.80 bits per heavy atom. The van der Waals surface area contributed by atoms with E-state index in [0.29, 0.717) is 0 Å². The second kappa shape index (κ2) is 5.64. The fourth-order valence-electron chi connectivity index (χ4n) is 2.35. The Hall–Kier alpha value is -1.23. The summed E-state index contributed by atoms with van der Waals surface area (Å²) in [5.41, 5.74) is 9.54. The highest BCUT2D eigenvalue weighted by molar-refractivity contribution is 9.11. The monoisotopic (exact) mass is 346 g/mol. The number of halogens is 1. The number of hydrogen-bond acceptors (Lipinski definition) is 3. The summed E-state index contributed by atoms with van der Waals surface area (Å²) in [6, 6.07) is 14.4. The lowest BCUT2D eigenvalue weighted by Crippen LogP contribution is -2.14. The highest BCUT2D eigenvalue weighted by atomic mass is 79.9. The number of nitrogens with zero attached hydrogens (tertiary/aromatic N) is 1. The molecule has 3 aromatic rings. The first-order chi connectivity index (χ1) is 9.63. The van der Waals surface area contributed by atoms with E-state index in [9.17, 15) is 0 Å². The van der Waals surface area contributed by atoms with Gasteiger partial charge in [-0.05, 0) is 52.7 Å². The molecule has 3 rings (SSSR count). The average Bonchev–Trinajstić information content (AvgIpc) is 2.84. The fourth-order valence-corrected chi connectivity index (χ4v) is 3.89. The molecule has 102 valence electrons. The van der Waals surface area contributed by atoms with Gasteiger partial charge in [-0.2, -0.15) is 0 Å². The van der Waals surface area contributed by atoms with Gasteiger partial charge in [0.05, 0.1) is 21.0 Å². The summed E-state index contributed by atoms with van der Waals surface area (Å²) in [5, 5.41) is 1.20. The van der Waals surface area contributed by atoms with E-state index in [2.05, 4.69) is 47.1 Å². The minimum atomic E-state index is -0.0659. The third-order valence-electron chi connectivity index (χ3n) is 3.37. The highest BCUT2D eigenvalue weighted by Gasteiger charge is 2.12. The molecule has 0 amide bonds. The standard InChI is InChI=1S/C16H15BrN2S/c1-10-8-15(19-14-5-3-2-4-12(10)14)13(18)9-11-6-7-16(17)20-11/h2-8,13H,9,18H2,1H3. The molecule has 20 heavy (non-hydrogen) atoms. The lowest BCUT2D eigenvalue weighted by Gasteiger charge is -2.12. The zero-order chi connectivity index (χ0) is 14.1. The molecular weight excluding hydrogens is 332 g/mol. The number of rotatable bonds is 3. The minimum Gasteiger partial charge on any atom is -0.322 e. The Morgan fingerprint density at radius 1 is 1.25 bits per heavy atom. The molecule has 0 spiro atoms. The molecule has 0 saturated heterocycles. The zero-order valence-corrected chi connectivity index (χ0v) is 13.5. The van der Waals surface area contributed by atoms with Gasteiger partial charge in [0.1, 0.15) is 0 Å². The van der Waals surface area contributed by atoms with Crippen molar-refractivity contribution in [1.29, 1.82) is 0 Å². The normalized spacial score (nSPS) is 12.8. The van der Waals surface area contributed by atoms with Gasteiger partial charge in [-0.3, -0.25) is 4.98 Å². The van der Waals surface area contributed by atoms with Gasteiger partial charge in [-0.25, -0.2) is 0 Å². The third kappa shape index (κ3) is 2.77. The SMILES string of the molecule is Cc1cc(C(N)Cc2ccc(Br)s2)nc2ccccc12. The van der Waals surface area contributed by atoms with Crippen molar-refractivity contribution in [3.05, 3.63) is 62.4 Å². The maximum Gasteiger partial charge on any atom is 0.0708 e. The first kappa shape index (κ1) is 13.7. The van der Waals surface area contributed by atoms with Crippen molar-refractivity contribution in [2.75, 3.05) is 0 Å². The Bertz CT molecular complexity index is 751. The Balaban J connectivity index is 1.93. The molecule has 0 bridgehead atoms. The quantitative estimate of drug-likeness (QED) is 0.751. The van der Waals surface area contributed by atoms with E-state index in [1.807, 2.05) is 18.2 Å². The molecule has 2 aromatic heterocycles. The molecule has 0 fully saturated rings. The zero-order valence-electron chi connectivity index (χ0n) is 11.1. The van der Waals surface area contributed by atoms with Crippen molar-refractivity contribution < 1.29 is 0 Å². The molecular formula is C16H15BrN2S. The van der Waals surface area contributed by atoms with Crippen LogP contribution < -0.4 is 5.73 Å². The number of benzene rings is 1. The van der Waals surface area contributed by atoms with Crippen LogP contribution in [-0.4, -0.2) is 4.98 Å². The molecule has 0 saturated carbocycles. The molecule has 1 aromatic carbocycles. The van der Waals surface area contributed by atoms with Crippen LogP contribution in [0.5, 0.6) is 0 Å². The van der Waals surface area contributed by atoms with Crippen molar-refractivity contribution in [3.63, 3.8) is 0 Å². The van der Waals surface area contributed by atoms with Gasteiger partial charge in [0, 0.05) is 16.7 Å². The Morgan fingerprint density at radius 2 is 2.05 bits per heavy atom. The van der Waals surface area contributed by atoms with Crippen LogP contribution in [-0.2, 0) is 6.42 Å². The Kier molecular flexibility index (Phi) is 3.87. The number of thiophene rings is 1. The van der Waals surface area contributed by atoms with Gasteiger partial charge in [0.25, 0.3) is 0 Å². The van der Waals surface area contributed by atoms with Gasteiger partial charge in [0.2, 0.25) is 0 Å². The predicted octanol–water partition coefficient (Wildman–Crippen LogP) is 4.61. The maximum atomic E-state index is 6.33. The van der Waals surface area contributed by atoms with Crippen molar-refractivity contribution in [1.82, 2.24) is 4.98 Å². The van der Waals surface area contributed by atoms with E-state index in [1.165, 1.54) is 15.8 Å². The first-order valence-electron chi connectivity index (χ1n) is 6.49. The van der Waals surface area contributed by atoms with Crippen molar-refractivity contribution in [2.45, 2.75) is 19.4 Å². The summed E-state index contributed by atoms with van der Waals surface area (Å²) in [6.07, 6.45) is 0.820. The van der Waals surface area contributed by atoms with Crippen molar-refractivity contribution in [3.8, 4) is 0 Å². The van der Waals surface area contributed by atoms with E-state index in [4.69, 9.17) is 10.7 Å². The van der Waals surface area contributed by atoms with Crippen LogP contribution in [0.25, 0.3) is 10.9 Å². The maximum absolute atomic E-state index is 6.33. The lowest BCUT2D eigenvalue weighted by molar-refractivity contribution is 0.706. The van der Waals surface area contributed by atoms with Crippen molar-refractivity contribution >= 4 is 38.2 Å². The molecule has 0 aliphatic heterocycles. The number of aryl methyl sites for hydroxylation is 1. The summed E-state index contributed by atoms with van der Waals surface area (Å²) in [6.45, 7) is 2.11. The molecule has 2 N–H and O–H groups in total. The van der Waals surface area contributed by atoms with Gasteiger partial charge in [0.15, 0.2) is 0 Å². The summed E-state index contributed by atoms with van der Waals surface area (Å²) in [5.74, 6) is 0. The van der Waals surface area contributed by atoms with Crippen LogP contribution in [0.1, 0.15) is 22.2 Å². The summed E-state index contributed by atoms with van der Waals surface area (Å²) in [4.78, 5) is 5.98. The van der Waals surface area contributed by atoms with E-state index < -0.39 is 0 Å². The molecule has 4 heteroatoms. The van der Waals surface area contributed by atoms with E-state index in [0.717, 1.165) is 21.4 Å². The van der Waals surface area contributed by atoms with E-state index in [-0.39, 0.29) is 6.04 Å². The highest BCUT2D eigenvalue weighted by Crippen LogP contribution is 2.27. The summed E-state index contributed by atoms with van der Waals surface area (Å²) in [7, 11) is 0. The molecule has 1 atom stereocenters. The number of hydrogen-bond donors (Lipinski definition) is 1. The van der Waals surface area contributed by atoms with Gasteiger partial charge in [-0.15, -0.1) is 11.3 Å². The summed E-state index contributed by atoms with van der Waals surface area (Å²) < 4.78 is 1.14. The van der Waals surface area contributed by atoms with Crippen LogP contribution in [0.3, 0.4) is 0 Å². The predicted molar refractivity (Wildman–Crippen MR) is 89.1 cm³/mol. The number of nitrogens with two attached hydrogens (primary N) is 1. The molecule has 2 nitrogen and oxygen atoms in total. The Labute approximate surface area is 130 Å². The molecule has 0 aliphatic carbocycles. The van der Waals surface area contributed by atoms with Crippen LogP contribution in [0.2, 0.25) is 0 Å². The number of para-hydroxylation sites is 1. The number of pyridine rings is 1. The molecule has 2 heterocycles. The van der Waals surface area contributed by atoms with Crippen molar-refractivity contribution in [2.24, 2.45) is 5.73 Å². The molecule has 1 unspecified atom stereocenters. The lowest BCUT2D eigenvalue weighted by atomic mass is 10.0. The van der Waals surface area contributed by atoms with Gasteiger partial charge < -0.3 is 5.73 Å². The van der Waals surface area contributed by atoms with Crippen LogP contribution in [0.4, 0.5) is 0 Å². The summed E-state index contributed by atoms with van der Waals surface area (Å²) >= 11 is 5.21. The molecule has 0 aliphatic rings. The van der Waals surface area contributed by atoms with Crippen LogP contribution in [0.15, 0.2) is 46.3 Å². The van der Waals surface area contributed by atoms with Crippen LogP contribution >= 0.6 is 27.3 Å². The average molecular weight is 347 g/mol. The largest absolute Gasteiger partial charge is 0.322 e.